The summed E-state index contributed by atoms with van der Waals surface area (Å²) in [6.45, 7) is 5.41. The van der Waals surface area contributed by atoms with Crippen LogP contribution in [0.1, 0.15) is 35.3 Å². The number of carbonyl (C=O) groups excluding carboxylic acids is 2. The van der Waals surface area contributed by atoms with Crippen molar-refractivity contribution in [2.75, 3.05) is 5.32 Å². The number of esters is 1. The van der Waals surface area contributed by atoms with Crippen molar-refractivity contribution in [1.82, 2.24) is 0 Å². The number of ether oxygens (including phenoxy) is 1. The zero-order valence-electron chi connectivity index (χ0n) is 13.9. The van der Waals surface area contributed by atoms with Crippen LogP contribution < -0.4 is 5.32 Å². The van der Waals surface area contributed by atoms with Crippen molar-refractivity contribution in [3.63, 3.8) is 0 Å². The summed E-state index contributed by atoms with van der Waals surface area (Å²) >= 11 is 0. The predicted octanol–water partition coefficient (Wildman–Crippen LogP) is 3.88. The highest BCUT2D eigenvalue weighted by Gasteiger charge is 2.20. The van der Waals surface area contributed by atoms with Crippen LogP contribution in [0.3, 0.4) is 0 Å². The number of amides is 1. The molecule has 0 aromatic heterocycles. The molecule has 4 nitrogen and oxygen atoms in total. The zero-order valence-corrected chi connectivity index (χ0v) is 13.9. The molecule has 5 heteroatoms. The van der Waals surface area contributed by atoms with Gasteiger partial charge in [-0.1, -0.05) is 25.1 Å². The van der Waals surface area contributed by atoms with Crippen LogP contribution in [0.2, 0.25) is 0 Å². The lowest BCUT2D eigenvalue weighted by molar-refractivity contribution is -0.123. The Balaban J connectivity index is 2.05. The van der Waals surface area contributed by atoms with E-state index in [9.17, 15) is 14.0 Å². The Morgan fingerprint density at radius 1 is 1.17 bits per heavy atom. The standard InChI is InChI=1S/C19H20FNO3/c1-4-14-7-5-6-12(2)17(14)21-18(22)13(3)24-19(23)15-8-10-16(20)11-9-15/h5-11,13H,4H2,1-3H3,(H,21,22)/t13-/m0/s1. The number of benzene rings is 2. The van der Waals surface area contributed by atoms with E-state index in [0.29, 0.717) is 0 Å². The minimum atomic E-state index is -0.966. The fourth-order valence-electron chi connectivity index (χ4n) is 2.29. The summed E-state index contributed by atoms with van der Waals surface area (Å²) < 4.78 is 18.0. The van der Waals surface area contributed by atoms with Crippen LogP contribution in [0.25, 0.3) is 0 Å². The number of rotatable bonds is 5. The van der Waals surface area contributed by atoms with E-state index >= 15 is 0 Å². The third-order valence-electron chi connectivity index (χ3n) is 3.72. The minimum Gasteiger partial charge on any atom is -0.449 e. The first-order chi connectivity index (χ1) is 11.4. The second kappa shape index (κ2) is 7.73. The van der Waals surface area contributed by atoms with Crippen molar-refractivity contribution >= 4 is 17.6 Å². The second-order valence-electron chi connectivity index (χ2n) is 5.51. The largest absolute Gasteiger partial charge is 0.449 e. The molecule has 0 aliphatic carbocycles. The summed E-state index contributed by atoms with van der Waals surface area (Å²) in [5.74, 6) is -1.52. The Labute approximate surface area is 140 Å². The molecule has 2 aromatic rings. The Bertz CT molecular complexity index is 741. The van der Waals surface area contributed by atoms with Gasteiger partial charge in [0, 0.05) is 5.69 Å². The van der Waals surface area contributed by atoms with Gasteiger partial charge in [0.05, 0.1) is 5.56 Å². The average molecular weight is 329 g/mol. The van der Waals surface area contributed by atoms with Crippen LogP contribution in [-0.4, -0.2) is 18.0 Å². The fraction of sp³-hybridized carbons (Fsp3) is 0.263. The third-order valence-corrected chi connectivity index (χ3v) is 3.72. The Kier molecular flexibility index (Phi) is 5.68. The predicted molar refractivity (Wildman–Crippen MR) is 90.5 cm³/mol. The SMILES string of the molecule is CCc1cccc(C)c1NC(=O)[C@H](C)OC(=O)c1ccc(F)cc1. The van der Waals surface area contributed by atoms with E-state index in [1.165, 1.54) is 31.2 Å². The van der Waals surface area contributed by atoms with Gasteiger partial charge in [0.2, 0.25) is 0 Å². The number of nitrogens with one attached hydrogen (secondary N) is 1. The molecule has 0 unspecified atom stereocenters. The highest BCUT2D eigenvalue weighted by molar-refractivity contribution is 5.98. The normalized spacial score (nSPS) is 11.7. The number of hydrogen-bond acceptors (Lipinski definition) is 3. The topological polar surface area (TPSA) is 55.4 Å². The second-order valence-corrected chi connectivity index (χ2v) is 5.51. The summed E-state index contributed by atoms with van der Waals surface area (Å²) in [6, 6.07) is 10.8. The average Bonchev–Trinajstić information content (AvgIpc) is 2.57. The lowest BCUT2D eigenvalue weighted by Gasteiger charge is -2.17. The highest BCUT2D eigenvalue weighted by Crippen LogP contribution is 2.21. The molecule has 0 aliphatic rings. The molecular weight excluding hydrogens is 309 g/mol. The Morgan fingerprint density at radius 3 is 2.46 bits per heavy atom. The summed E-state index contributed by atoms with van der Waals surface area (Å²) in [5.41, 5.74) is 2.90. The maximum atomic E-state index is 12.9. The van der Waals surface area contributed by atoms with Gasteiger partial charge in [0.25, 0.3) is 5.91 Å². The van der Waals surface area contributed by atoms with Gasteiger partial charge in [-0.3, -0.25) is 4.79 Å². The molecule has 126 valence electrons. The van der Waals surface area contributed by atoms with Gasteiger partial charge >= 0.3 is 5.97 Å². The molecule has 0 fully saturated rings. The summed E-state index contributed by atoms with van der Waals surface area (Å²) in [7, 11) is 0. The molecule has 0 saturated carbocycles. The van der Waals surface area contributed by atoms with E-state index in [1.807, 2.05) is 32.0 Å². The number of halogens is 1. The van der Waals surface area contributed by atoms with Crippen LogP contribution in [-0.2, 0) is 16.0 Å². The van der Waals surface area contributed by atoms with Crippen LogP contribution in [0.15, 0.2) is 42.5 Å². The monoisotopic (exact) mass is 329 g/mol. The first-order valence-electron chi connectivity index (χ1n) is 7.78. The Hall–Kier alpha value is -2.69. The van der Waals surface area contributed by atoms with Crippen LogP contribution in [0.5, 0.6) is 0 Å². The number of para-hydroxylation sites is 1. The van der Waals surface area contributed by atoms with Gasteiger partial charge in [0.1, 0.15) is 5.82 Å². The van der Waals surface area contributed by atoms with Gasteiger partial charge in [-0.15, -0.1) is 0 Å². The smallest absolute Gasteiger partial charge is 0.338 e. The van der Waals surface area contributed by atoms with Crippen molar-refractivity contribution in [1.29, 1.82) is 0 Å². The highest BCUT2D eigenvalue weighted by atomic mass is 19.1. The van der Waals surface area contributed by atoms with Crippen molar-refractivity contribution in [3.05, 3.63) is 65.0 Å². The van der Waals surface area contributed by atoms with Gasteiger partial charge in [-0.05, 0) is 55.7 Å². The molecule has 0 spiro atoms. The fourth-order valence-corrected chi connectivity index (χ4v) is 2.29. The molecule has 0 heterocycles. The lowest BCUT2D eigenvalue weighted by Crippen LogP contribution is -2.30. The third kappa shape index (κ3) is 4.19. The first kappa shape index (κ1) is 17.7. The van der Waals surface area contributed by atoms with E-state index in [-0.39, 0.29) is 5.56 Å². The van der Waals surface area contributed by atoms with Crippen LogP contribution in [0.4, 0.5) is 10.1 Å². The molecule has 0 bridgehead atoms. The molecule has 2 aromatic carbocycles. The first-order valence-corrected chi connectivity index (χ1v) is 7.78. The van der Waals surface area contributed by atoms with E-state index in [4.69, 9.17) is 4.74 Å². The molecule has 0 radical (unpaired) electrons. The van der Waals surface area contributed by atoms with E-state index in [1.54, 1.807) is 0 Å². The molecule has 1 atom stereocenters. The van der Waals surface area contributed by atoms with Gasteiger partial charge in [-0.25, -0.2) is 9.18 Å². The zero-order chi connectivity index (χ0) is 17.7. The van der Waals surface area contributed by atoms with Crippen LogP contribution in [0, 0.1) is 12.7 Å². The summed E-state index contributed by atoms with van der Waals surface area (Å²) in [5, 5.41) is 2.82. The minimum absolute atomic E-state index is 0.196. The molecule has 0 aliphatic heterocycles. The molecule has 2 rings (SSSR count). The van der Waals surface area contributed by atoms with Gasteiger partial charge in [-0.2, -0.15) is 0 Å². The van der Waals surface area contributed by atoms with Crippen molar-refractivity contribution in [2.24, 2.45) is 0 Å². The number of carbonyl (C=O) groups is 2. The van der Waals surface area contributed by atoms with Gasteiger partial charge < -0.3 is 10.1 Å². The van der Waals surface area contributed by atoms with Crippen molar-refractivity contribution < 1.29 is 18.7 Å². The van der Waals surface area contributed by atoms with Crippen molar-refractivity contribution in [2.45, 2.75) is 33.3 Å². The maximum Gasteiger partial charge on any atom is 0.338 e. The number of aryl methyl sites for hydroxylation is 2. The van der Waals surface area contributed by atoms with E-state index in [2.05, 4.69) is 5.32 Å². The molecule has 24 heavy (non-hydrogen) atoms. The molecule has 1 N–H and O–H groups in total. The number of anilines is 1. The van der Waals surface area contributed by atoms with Crippen molar-refractivity contribution in [3.8, 4) is 0 Å². The molecule has 1 amide bonds. The maximum absolute atomic E-state index is 12.9. The lowest BCUT2D eigenvalue weighted by atomic mass is 10.1. The van der Waals surface area contributed by atoms with Gasteiger partial charge in [0.15, 0.2) is 6.10 Å². The summed E-state index contributed by atoms with van der Waals surface area (Å²) in [6.07, 6.45) is -0.187. The molecular formula is C19H20FNO3. The number of hydrogen-bond donors (Lipinski definition) is 1. The van der Waals surface area contributed by atoms with E-state index < -0.39 is 23.8 Å². The molecule has 0 saturated heterocycles. The van der Waals surface area contributed by atoms with E-state index in [0.717, 1.165) is 23.2 Å². The van der Waals surface area contributed by atoms with Crippen LogP contribution >= 0.6 is 0 Å². The Morgan fingerprint density at radius 2 is 1.83 bits per heavy atom. The quantitative estimate of drug-likeness (QED) is 0.847. The summed E-state index contributed by atoms with van der Waals surface area (Å²) in [4.78, 5) is 24.3.